The maximum absolute atomic E-state index is 14.6. The number of carbonyl (C=O) groups is 5. The molecule has 3 aliphatic heterocycles. The third kappa shape index (κ3) is 10.6. The Morgan fingerprint density at radius 2 is 1.88 bits per heavy atom. The SMILES string of the molecule is C=CC(=O)N1CC(N(C)C(=O)N(C)C(C(=O)N[C@H]2Cc3nc(cs3)-c3ccc4c(c3)c(c(-c3cccnc3[C@H](C)OC)n4CC(F)(F)F)CC(C)(C)COC(=O)[C@@H]3CCCN(N3)C2=O)C(C)C)C1. The first-order valence-corrected chi connectivity index (χ1v) is 23.6. The molecule has 2 fully saturated rings. The molecule has 1 aromatic carbocycles. The molecule has 366 valence electrons. The van der Waals surface area contributed by atoms with Crippen LogP contribution in [0.2, 0.25) is 0 Å². The molecule has 0 radical (unpaired) electrons. The summed E-state index contributed by atoms with van der Waals surface area (Å²) in [6, 6.07) is 4.77. The van der Waals surface area contributed by atoms with Gasteiger partial charge in [0, 0.05) is 86.3 Å². The fourth-order valence-electron chi connectivity index (χ4n) is 9.30. The van der Waals surface area contributed by atoms with Crippen molar-refractivity contribution in [2.24, 2.45) is 11.3 Å². The van der Waals surface area contributed by atoms with E-state index in [1.807, 2.05) is 19.9 Å². The summed E-state index contributed by atoms with van der Waals surface area (Å²) in [5.41, 5.74) is 5.55. The largest absolute Gasteiger partial charge is 0.464 e. The van der Waals surface area contributed by atoms with Crippen LogP contribution in [-0.4, -0.2) is 142 Å². The number of nitrogens with one attached hydrogen (secondary N) is 2. The van der Waals surface area contributed by atoms with Crippen molar-refractivity contribution in [1.82, 2.24) is 45.0 Å². The minimum Gasteiger partial charge on any atom is -0.464 e. The molecule has 1 unspecified atom stereocenters. The number of likely N-dealkylation sites (tertiary alicyclic amines) is 1. The van der Waals surface area contributed by atoms with Gasteiger partial charge in [0.05, 0.1) is 40.8 Å². The molecule has 4 atom stereocenters. The number of carbonyl (C=O) groups excluding carboxylic acids is 5. The molecule has 6 bridgehead atoms. The van der Waals surface area contributed by atoms with Crippen molar-refractivity contribution in [3.63, 3.8) is 0 Å². The number of hydrogen-bond donors (Lipinski definition) is 2. The van der Waals surface area contributed by atoms with Gasteiger partial charge in [-0.2, -0.15) is 13.2 Å². The van der Waals surface area contributed by atoms with Crippen molar-refractivity contribution in [2.75, 3.05) is 47.4 Å². The van der Waals surface area contributed by atoms with Gasteiger partial charge in [0.25, 0.3) is 5.91 Å². The number of halogens is 3. The third-order valence-corrected chi connectivity index (χ3v) is 13.9. The summed E-state index contributed by atoms with van der Waals surface area (Å²) < 4.78 is 56.8. The Balaban J connectivity index is 1.28. The van der Waals surface area contributed by atoms with Crippen LogP contribution >= 0.6 is 11.3 Å². The summed E-state index contributed by atoms with van der Waals surface area (Å²) in [6.45, 7) is 12.1. The number of esters is 1. The van der Waals surface area contributed by atoms with Gasteiger partial charge in [0.2, 0.25) is 11.8 Å². The Kier molecular flexibility index (Phi) is 14.7. The lowest BCUT2D eigenvalue weighted by Gasteiger charge is -2.45. The van der Waals surface area contributed by atoms with E-state index in [0.717, 1.165) is 0 Å². The van der Waals surface area contributed by atoms with E-state index in [4.69, 9.17) is 14.5 Å². The minimum atomic E-state index is -4.60. The fraction of sp³-hybridized carbons (Fsp3) is 0.521. The zero-order valence-corrected chi connectivity index (χ0v) is 40.5. The fourth-order valence-corrected chi connectivity index (χ4v) is 10.1. The number of benzene rings is 1. The molecule has 2 N–H and O–H groups in total. The number of amides is 5. The van der Waals surface area contributed by atoms with Crippen molar-refractivity contribution in [2.45, 2.75) is 103 Å². The van der Waals surface area contributed by atoms with Crippen molar-refractivity contribution in [1.29, 1.82) is 0 Å². The molecule has 7 rings (SSSR count). The van der Waals surface area contributed by atoms with Crippen LogP contribution in [0.1, 0.15) is 69.8 Å². The molecule has 3 aliphatic rings. The molecule has 2 saturated heterocycles. The lowest BCUT2D eigenvalue weighted by Crippen LogP contribution is -2.65. The van der Waals surface area contributed by atoms with Gasteiger partial charge in [-0.15, -0.1) is 11.3 Å². The highest BCUT2D eigenvalue weighted by molar-refractivity contribution is 7.10. The predicted molar refractivity (Wildman–Crippen MR) is 250 cm³/mol. The Labute approximate surface area is 397 Å². The molecule has 16 nitrogen and oxygen atoms in total. The number of rotatable bonds is 10. The van der Waals surface area contributed by atoms with E-state index >= 15 is 0 Å². The molecule has 0 spiro atoms. The van der Waals surface area contributed by atoms with E-state index < -0.39 is 72.1 Å². The summed E-state index contributed by atoms with van der Waals surface area (Å²) in [6.07, 6.45) is -1.43. The average Bonchev–Trinajstić information content (AvgIpc) is 3.86. The number of thiazole rings is 1. The van der Waals surface area contributed by atoms with Gasteiger partial charge < -0.3 is 34.1 Å². The summed E-state index contributed by atoms with van der Waals surface area (Å²) in [5, 5.41) is 7.08. The molecule has 6 heterocycles. The second-order valence-electron chi connectivity index (χ2n) is 19.0. The highest BCUT2D eigenvalue weighted by Gasteiger charge is 2.41. The van der Waals surface area contributed by atoms with E-state index in [-0.39, 0.29) is 37.9 Å². The first kappa shape index (κ1) is 50.0. The zero-order valence-electron chi connectivity index (χ0n) is 39.7. The van der Waals surface area contributed by atoms with Crippen LogP contribution in [0.15, 0.2) is 54.6 Å². The normalized spacial score (nSPS) is 20.0. The van der Waals surface area contributed by atoms with Gasteiger partial charge in [0.15, 0.2) is 0 Å². The number of alkyl halides is 3. The topological polar surface area (TPSA) is 172 Å². The molecular formula is C48H60F3N9O7S. The molecule has 20 heteroatoms. The van der Waals surface area contributed by atoms with E-state index in [1.165, 1.54) is 50.9 Å². The van der Waals surface area contributed by atoms with Crippen LogP contribution in [0.4, 0.5) is 18.0 Å². The van der Waals surface area contributed by atoms with Crippen LogP contribution in [0.25, 0.3) is 33.4 Å². The highest BCUT2D eigenvalue weighted by atomic mass is 32.1. The lowest BCUT2D eigenvalue weighted by atomic mass is 9.84. The first-order valence-electron chi connectivity index (χ1n) is 22.7. The number of methoxy groups -OCH3 is 1. The molecule has 0 aliphatic carbocycles. The third-order valence-electron chi connectivity index (χ3n) is 13.0. The molecule has 5 amide bonds. The van der Waals surface area contributed by atoms with Gasteiger partial charge in [-0.3, -0.25) is 29.2 Å². The summed E-state index contributed by atoms with van der Waals surface area (Å²) in [7, 11) is 4.65. The lowest BCUT2D eigenvalue weighted by molar-refractivity contribution is -0.155. The number of aromatic nitrogens is 3. The van der Waals surface area contributed by atoms with Crippen LogP contribution in [0.3, 0.4) is 0 Å². The van der Waals surface area contributed by atoms with Crippen molar-refractivity contribution >= 4 is 52.0 Å². The van der Waals surface area contributed by atoms with Crippen LogP contribution < -0.4 is 10.7 Å². The van der Waals surface area contributed by atoms with E-state index in [9.17, 15) is 37.1 Å². The number of likely N-dealkylation sites (N-methyl/N-ethyl adjacent to an activating group) is 2. The van der Waals surface area contributed by atoms with E-state index in [1.54, 1.807) is 68.6 Å². The van der Waals surface area contributed by atoms with Gasteiger partial charge in [-0.05, 0) is 68.0 Å². The van der Waals surface area contributed by atoms with Gasteiger partial charge >= 0.3 is 18.2 Å². The number of ether oxygens (including phenoxy) is 2. The van der Waals surface area contributed by atoms with Crippen LogP contribution in [-0.2, 0) is 48.0 Å². The number of pyridine rings is 1. The predicted octanol–water partition coefficient (Wildman–Crippen LogP) is 6.15. The molecule has 68 heavy (non-hydrogen) atoms. The summed E-state index contributed by atoms with van der Waals surface area (Å²) in [5.74, 6) is -2.34. The van der Waals surface area contributed by atoms with Crippen molar-refractivity contribution in [3.05, 3.63) is 70.8 Å². The maximum Gasteiger partial charge on any atom is 0.406 e. The number of hydrazine groups is 1. The maximum atomic E-state index is 14.6. The Bertz CT molecular complexity index is 2570. The smallest absolute Gasteiger partial charge is 0.406 e. The van der Waals surface area contributed by atoms with E-state index in [0.29, 0.717) is 75.6 Å². The first-order chi connectivity index (χ1) is 32.1. The zero-order chi connectivity index (χ0) is 49.4. The quantitative estimate of drug-likeness (QED) is 0.139. The number of urea groups is 1. The Morgan fingerprint density at radius 3 is 2.56 bits per heavy atom. The Hall–Kier alpha value is -5.86. The average molecular weight is 964 g/mol. The summed E-state index contributed by atoms with van der Waals surface area (Å²) in [4.78, 5) is 82.7. The highest BCUT2D eigenvalue weighted by Crippen LogP contribution is 2.43. The monoisotopic (exact) mass is 963 g/mol. The van der Waals surface area contributed by atoms with Gasteiger partial charge in [-0.25, -0.2) is 15.2 Å². The van der Waals surface area contributed by atoms with Crippen LogP contribution in [0.5, 0.6) is 0 Å². The van der Waals surface area contributed by atoms with Crippen LogP contribution in [0, 0.1) is 11.3 Å². The molecule has 4 aromatic rings. The second kappa shape index (κ2) is 20.0. The molecule has 3 aromatic heterocycles. The molecule has 0 saturated carbocycles. The minimum absolute atomic E-state index is 0.0601. The van der Waals surface area contributed by atoms with Gasteiger partial charge in [0.1, 0.15) is 24.7 Å². The number of hydrogen-bond acceptors (Lipinski definition) is 11. The number of cyclic esters (lactones) is 1. The van der Waals surface area contributed by atoms with E-state index in [2.05, 4.69) is 22.3 Å². The standard InChI is InChI=1S/C48H60F3N9O7S/c1-10-39(61)58-22-30(23-58)56(7)46(65)57(8)41(27(2)3)43(62)54-35-20-38-53-36(24-68-38)29-15-16-37-32(19-29)33(21-47(5,6)26-67-45(64)34-14-12-18-60(55-34)44(35)63)42(59(37)25-48(49,50)51)31-13-11-17-52-40(31)28(4)66-9/h10-11,13,15-17,19,24,27-28,30,34-35,41,55H,1,12,14,18,20-23,25-26H2,2-9H3,(H,54,62)/t28-,34-,35-,41?/m0/s1. The molecular weight excluding hydrogens is 904 g/mol. The Morgan fingerprint density at radius 1 is 1.15 bits per heavy atom. The summed E-state index contributed by atoms with van der Waals surface area (Å²) >= 11 is 1.26. The van der Waals surface area contributed by atoms with Crippen molar-refractivity contribution in [3.8, 4) is 22.5 Å². The van der Waals surface area contributed by atoms with Crippen molar-refractivity contribution < 1.29 is 46.6 Å². The van der Waals surface area contributed by atoms with Gasteiger partial charge in [-0.1, -0.05) is 40.3 Å². The number of fused-ring (bicyclic) bond motifs is 6. The number of nitrogens with zero attached hydrogens (tertiary/aromatic N) is 7. The second-order valence-corrected chi connectivity index (χ2v) is 20.0.